The monoisotopic (exact) mass is 381 g/mol. The molecule has 0 saturated carbocycles. The van der Waals surface area contributed by atoms with Gasteiger partial charge in [-0.1, -0.05) is 0 Å². The molecule has 28 heavy (non-hydrogen) atoms. The second kappa shape index (κ2) is 6.23. The molecular weight excluding hydrogens is 360 g/mol. The average Bonchev–Trinajstić information content (AvgIpc) is 2.96. The highest BCUT2D eigenvalue weighted by Gasteiger charge is 2.34. The van der Waals surface area contributed by atoms with Gasteiger partial charge in [-0.15, -0.1) is 0 Å². The zero-order valence-corrected chi connectivity index (χ0v) is 15.7. The van der Waals surface area contributed by atoms with Gasteiger partial charge in [-0.2, -0.15) is 5.26 Å². The maximum Gasteiger partial charge on any atom is 0.240 e. The van der Waals surface area contributed by atoms with Crippen LogP contribution in [0.15, 0.2) is 0 Å². The number of anilines is 4. The molecule has 144 valence electrons. The Morgan fingerprint density at radius 1 is 1.21 bits per heavy atom. The molecule has 1 saturated heterocycles. The first-order valence-electron chi connectivity index (χ1n) is 8.97. The lowest BCUT2D eigenvalue weighted by Gasteiger charge is -2.32. The van der Waals surface area contributed by atoms with Crippen molar-refractivity contribution in [2.45, 2.75) is 13.3 Å². The van der Waals surface area contributed by atoms with E-state index in [2.05, 4.69) is 16.0 Å². The van der Waals surface area contributed by atoms with Gasteiger partial charge in [0.1, 0.15) is 23.3 Å². The van der Waals surface area contributed by atoms with E-state index in [4.69, 9.17) is 11.5 Å². The summed E-state index contributed by atoms with van der Waals surface area (Å²) in [5.41, 5.74) is 13.4. The van der Waals surface area contributed by atoms with Crippen LogP contribution in [0.3, 0.4) is 0 Å². The molecule has 1 fully saturated rings. The fourth-order valence-electron chi connectivity index (χ4n) is 3.97. The van der Waals surface area contributed by atoms with Crippen molar-refractivity contribution in [1.82, 2.24) is 9.88 Å². The van der Waals surface area contributed by atoms with E-state index in [1.54, 1.807) is 18.9 Å². The molecule has 4 heterocycles. The van der Waals surface area contributed by atoms with E-state index in [0.29, 0.717) is 65.5 Å². The van der Waals surface area contributed by atoms with Crippen LogP contribution in [0, 0.1) is 11.3 Å². The van der Waals surface area contributed by atoms with Crippen LogP contribution < -0.4 is 26.3 Å². The number of nitrogens with zero attached hydrogens (tertiary/aromatic N) is 5. The zero-order valence-electron chi connectivity index (χ0n) is 15.7. The number of nitriles is 1. The predicted octanol–water partition coefficient (Wildman–Crippen LogP) is -0.728. The highest BCUT2D eigenvalue weighted by molar-refractivity contribution is 6.12. The lowest BCUT2D eigenvalue weighted by Crippen LogP contribution is -2.49. The Kier molecular flexibility index (Phi) is 3.96. The van der Waals surface area contributed by atoms with E-state index in [1.165, 1.54) is 4.90 Å². The lowest BCUT2D eigenvalue weighted by molar-refractivity contribution is -0.345. The van der Waals surface area contributed by atoms with Gasteiger partial charge in [-0.05, 0) is 0 Å². The Labute approximate surface area is 161 Å². The summed E-state index contributed by atoms with van der Waals surface area (Å²) in [6.45, 7) is 3.80. The van der Waals surface area contributed by atoms with Crippen LogP contribution in [0.25, 0.3) is 10.8 Å². The summed E-state index contributed by atoms with van der Waals surface area (Å²) >= 11 is 0. The van der Waals surface area contributed by atoms with Gasteiger partial charge in [-0.3, -0.25) is 19.4 Å². The summed E-state index contributed by atoms with van der Waals surface area (Å²) in [5.74, 6) is 1.43. The van der Waals surface area contributed by atoms with Crippen molar-refractivity contribution in [1.29, 1.82) is 5.26 Å². The van der Waals surface area contributed by atoms with Crippen molar-refractivity contribution in [3.8, 4) is 6.07 Å². The van der Waals surface area contributed by atoms with Gasteiger partial charge in [0.2, 0.25) is 23.5 Å². The Bertz CT molecular complexity index is 1070. The van der Waals surface area contributed by atoms with Crippen molar-refractivity contribution in [3.63, 3.8) is 0 Å². The Morgan fingerprint density at radius 2 is 1.89 bits per heavy atom. The predicted molar refractivity (Wildman–Crippen MR) is 103 cm³/mol. The Morgan fingerprint density at radius 3 is 2.50 bits per heavy atom. The van der Waals surface area contributed by atoms with Crippen LogP contribution in [0.5, 0.6) is 0 Å². The van der Waals surface area contributed by atoms with Crippen molar-refractivity contribution < 1.29 is 14.6 Å². The van der Waals surface area contributed by atoms with Gasteiger partial charge in [0.15, 0.2) is 0 Å². The molecule has 10 heteroatoms. The third-order valence-corrected chi connectivity index (χ3v) is 5.49. The normalized spacial score (nSPS) is 16.5. The largest absolute Gasteiger partial charge is 0.383 e. The third-order valence-electron chi connectivity index (χ3n) is 5.49. The van der Waals surface area contributed by atoms with Gasteiger partial charge in [0.25, 0.3) is 0 Å². The quantitative estimate of drug-likeness (QED) is 0.662. The summed E-state index contributed by atoms with van der Waals surface area (Å²) in [5, 5.41) is 11.0. The van der Waals surface area contributed by atoms with Crippen molar-refractivity contribution in [2.24, 2.45) is 0 Å². The number of hydrogen-bond donors (Lipinski definition) is 2. The molecule has 0 aliphatic carbocycles. The molecule has 0 radical (unpaired) electrons. The number of H-pyrrole nitrogens is 1. The van der Waals surface area contributed by atoms with Crippen molar-refractivity contribution in [2.75, 3.05) is 54.5 Å². The minimum absolute atomic E-state index is 0.0281. The molecule has 10 nitrogen and oxygen atoms in total. The van der Waals surface area contributed by atoms with Gasteiger partial charge < -0.3 is 16.4 Å². The molecule has 5 N–H and O–H groups in total. The maximum absolute atomic E-state index is 12.2. The number of nitrogens with one attached hydrogen (secondary N) is 1. The minimum atomic E-state index is -0.110. The molecule has 2 amide bonds. The summed E-state index contributed by atoms with van der Waals surface area (Å²) in [6, 6.07) is 2.26. The van der Waals surface area contributed by atoms with Crippen LogP contribution >= 0.6 is 0 Å². The first-order valence-corrected chi connectivity index (χ1v) is 8.97. The number of likely N-dealkylation sites (N-methyl/N-ethyl adjacent to an activating group) is 1. The van der Waals surface area contributed by atoms with E-state index < -0.39 is 0 Å². The molecule has 2 aliphatic rings. The highest BCUT2D eigenvalue weighted by Crippen LogP contribution is 2.40. The number of amides is 2. The van der Waals surface area contributed by atoms with E-state index in [0.717, 1.165) is 0 Å². The first-order chi connectivity index (χ1) is 13.3. The van der Waals surface area contributed by atoms with Crippen LogP contribution in [0.4, 0.5) is 23.3 Å². The second-order valence-electron chi connectivity index (χ2n) is 7.05. The van der Waals surface area contributed by atoms with Crippen molar-refractivity contribution in [3.05, 3.63) is 11.1 Å². The number of carbonyl (C=O) groups excluding carboxylic acids is 2. The molecule has 0 unspecified atom stereocenters. The number of pyridine rings is 2. The van der Waals surface area contributed by atoms with E-state index in [9.17, 15) is 14.9 Å². The fraction of sp³-hybridized carbons (Fsp3) is 0.389. The highest BCUT2D eigenvalue weighted by atomic mass is 16.2. The van der Waals surface area contributed by atoms with Crippen LogP contribution in [0.1, 0.15) is 18.1 Å². The topological polar surface area (TPSA) is 147 Å². The fourth-order valence-corrected chi connectivity index (χ4v) is 3.97. The molecule has 2 aromatic rings. The summed E-state index contributed by atoms with van der Waals surface area (Å²) in [4.78, 5) is 36.5. The molecule has 0 atom stereocenters. The smallest absolute Gasteiger partial charge is 0.240 e. The summed E-state index contributed by atoms with van der Waals surface area (Å²) in [6.07, 6.45) is 0.144. The van der Waals surface area contributed by atoms with E-state index in [1.807, 2.05) is 4.90 Å². The standard InChI is InChI=1S/C18H20N8O2/c1-9(27)25-3-5-26(6-4-25)18-11(8-19)13-10-7-12(28)24(2)17(10)22-15(20)14(13)16(21)23-18/h3-7H2,1-2H3,(H2,20,22)(H2,21,23)/p+1. The number of nitrogen functional groups attached to an aromatic ring is 2. The zero-order chi connectivity index (χ0) is 20.2. The second-order valence-corrected chi connectivity index (χ2v) is 7.05. The minimum Gasteiger partial charge on any atom is -0.383 e. The van der Waals surface area contributed by atoms with E-state index in [-0.39, 0.29) is 24.1 Å². The van der Waals surface area contributed by atoms with Crippen LogP contribution in [-0.2, 0) is 16.0 Å². The van der Waals surface area contributed by atoms with Gasteiger partial charge in [-0.25, -0.2) is 9.97 Å². The SMILES string of the molecule is CC(=O)N1CCN(c2[nH+]c(N)c3c(N)nc4c(c3c2C#N)CC(=O)N4C)CC1. The van der Waals surface area contributed by atoms with Gasteiger partial charge in [0.05, 0.1) is 38.0 Å². The number of piperazine rings is 1. The molecule has 2 aromatic heterocycles. The molecular formula is C18H21N8O2+. The Hall–Kier alpha value is -3.61. The van der Waals surface area contributed by atoms with E-state index >= 15 is 0 Å². The van der Waals surface area contributed by atoms with Crippen LogP contribution in [0.2, 0.25) is 0 Å². The first kappa shape index (κ1) is 17.8. The molecule has 2 aliphatic heterocycles. The summed E-state index contributed by atoms with van der Waals surface area (Å²) in [7, 11) is 1.64. The number of hydrogen-bond acceptors (Lipinski definition) is 7. The third kappa shape index (κ3) is 2.47. The van der Waals surface area contributed by atoms with Gasteiger partial charge >= 0.3 is 0 Å². The number of carbonyl (C=O) groups is 2. The number of fused-ring (bicyclic) bond motifs is 3. The number of nitrogens with two attached hydrogens (primary N) is 2. The average molecular weight is 381 g/mol. The van der Waals surface area contributed by atoms with Crippen LogP contribution in [-0.4, -0.2) is 54.9 Å². The Balaban J connectivity index is 1.91. The number of aromatic nitrogens is 2. The molecule has 0 bridgehead atoms. The van der Waals surface area contributed by atoms with Crippen molar-refractivity contribution >= 4 is 45.9 Å². The number of rotatable bonds is 1. The maximum atomic E-state index is 12.2. The molecule has 4 rings (SSSR count). The lowest BCUT2D eigenvalue weighted by atomic mass is 10.00. The summed E-state index contributed by atoms with van der Waals surface area (Å²) < 4.78 is 0. The molecule has 0 aromatic carbocycles. The molecule has 0 spiro atoms. The number of aromatic amines is 1. The van der Waals surface area contributed by atoms with Gasteiger partial charge in [0, 0.05) is 24.9 Å².